The van der Waals surface area contributed by atoms with Crippen LogP contribution in [0.25, 0.3) is 0 Å². The smallest absolute Gasteiger partial charge is 0.0799 e. The maximum Gasteiger partial charge on any atom is 0.0799 e. The number of rotatable bonds is 1. The van der Waals surface area contributed by atoms with Crippen molar-refractivity contribution < 1.29 is 0 Å². The molecule has 1 N–H and O–H groups in total. The van der Waals surface area contributed by atoms with Crippen LogP contribution in [0.4, 0.5) is 0 Å². The summed E-state index contributed by atoms with van der Waals surface area (Å²) in [5.41, 5.74) is 1.56. The molecular formula is C11H17N3. The summed E-state index contributed by atoms with van der Waals surface area (Å²) in [6, 6.07) is 2.30. The minimum absolute atomic E-state index is 0.0000463. The van der Waals surface area contributed by atoms with Crippen molar-refractivity contribution >= 4 is 0 Å². The van der Waals surface area contributed by atoms with Crippen LogP contribution in [0.15, 0.2) is 6.20 Å². The lowest BCUT2D eigenvalue weighted by molar-refractivity contribution is 0.543. The number of hydrogen-bond donors (Lipinski definition) is 1. The van der Waals surface area contributed by atoms with Crippen LogP contribution >= 0.6 is 0 Å². The molecule has 1 aromatic rings. The van der Waals surface area contributed by atoms with E-state index in [1.807, 2.05) is 13.8 Å². The Bertz CT molecular complexity index is 361. The second kappa shape index (κ2) is 3.13. The van der Waals surface area contributed by atoms with Crippen molar-refractivity contribution in [2.24, 2.45) is 0 Å². The molecular weight excluding hydrogens is 174 g/mol. The summed E-state index contributed by atoms with van der Waals surface area (Å²) in [4.78, 5) is 0. The first kappa shape index (κ1) is 10.8. The number of nitriles is 1. The van der Waals surface area contributed by atoms with Gasteiger partial charge in [-0.1, -0.05) is 20.8 Å². The fourth-order valence-corrected chi connectivity index (χ4v) is 1.39. The molecule has 3 heteroatoms. The zero-order valence-corrected chi connectivity index (χ0v) is 9.47. The highest BCUT2D eigenvalue weighted by Gasteiger charge is 2.29. The van der Waals surface area contributed by atoms with Crippen LogP contribution in [0.3, 0.4) is 0 Å². The van der Waals surface area contributed by atoms with E-state index < -0.39 is 5.41 Å². The Morgan fingerprint density at radius 1 is 1.29 bits per heavy atom. The molecule has 1 heterocycles. The molecule has 0 radical (unpaired) electrons. The molecule has 76 valence electrons. The van der Waals surface area contributed by atoms with Gasteiger partial charge in [0.2, 0.25) is 0 Å². The zero-order valence-electron chi connectivity index (χ0n) is 9.47. The largest absolute Gasteiger partial charge is 0.282 e. The topological polar surface area (TPSA) is 52.5 Å². The standard InChI is InChI=1S/C11H17N3/c1-10(2,3)9-8(6-13-14-9)11(4,5)7-12/h6H,1-5H3,(H,13,14). The Balaban J connectivity index is 3.26. The highest BCUT2D eigenvalue weighted by molar-refractivity contribution is 5.35. The van der Waals surface area contributed by atoms with Crippen LogP contribution in [-0.4, -0.2) is 10.2 Å². The van der Waals surface area contributed by atoms with Gasteiger partial charge in [-0.2, -0.15) is 10.4 Å². The van der Waals surface area contributed by atoms with Crippen molar-refractivity contribution in [3.63, 3.8) is 0 Å². The van der Waals surface area contributed by atoms with E-state index in [-0.39, 0.29) is 5.41 Å². The minimum Gasteiger partial charge on any atom is -0.282 e. The number of H-pyrrole nitrogens is 1. The van der Waals surface area contributed by atoms with Crippen molar-refractivity contribution in [3.05, 3.63) is 17.5 Å². The summed E-state index contributed by atoms with van der Waals surface area (Å²) in [7, 11) is 0. The van der Waals surface area contributed by atoms with Crippen molar-refractivity contribution in [1.82, 2.24) is 10.2 Å². The maximum absolute atomic E-state index is 9.06. The van der Waals surface area contributed by atoms with E-state index in [9.17, 15) is 0 Å². The molecule has 0 aromatic carbocycles. The van der Waals surface area contributed by atoms with Crippen LogP contribution < -0.4 is 0 Å². The second-order valence-corrected chi connectivity index (χ2v) is 5.15. The second-order valence-electron chi connectivity index (χ2n) is 5.15. The Morgan fingerprint density at radius 2 is 1.86 bits per heavy atom. The van der Waals surface area contributed by atoms with Gasteiger partial charge in [-0.3, -0.25) is 5.10 Å². The summed E-state index contributed by atoms with van der Waals surface area (Å²) in [6.45, 7) is 10.1. The normalized spacial score (nSPS) is 12.6. The first-order chi connectivity index (χ1) is 6.29. The van der Waals surface area contributed by atoms with Crippen molar-refractivity contribution in [1.29, 1.82) is 5.26 Å². The van der Waals surface area contributed by atoms with Gasteiger partial charge in [0.25, 0.3) is 0 Å². The fourth-order valence-electron chi connectivity index (χ4n) is 1.39. The third-order valence-corrected chi connectivity index (χ3v) is 2.34. The third kappa shape index (κ3) is 1.79. The highest BCUT2D eigenvalue weighted by Crippen LogP contribution is 2.31. The average molecular weight is 191 g/mol. The number of nitrogens with one attached hydrogen (secondary N) is 1. The summed E-state index contributed by atoms with van der Waals surface area (Å²) in [5.74, 6) is 0. The maximum atomic E-state index is 9.06. The molecule has 0 bridgehead atoms. The number of aromatic amines is 1. The molecule has 3 nitrogen and oxygen atoms in total. The van der Waals surface area contributed by atoms with E-state index in [4.69, 9.17) is 5.26 Å². The average Bonchev–Trinajstić information content (AvgIpc) is 2.51. The van der Waals surface area contributed by atoms with Gasteiger partial charge in [0.15, 0.2) is 0 Å². The minimum atomic E-state index is -0.477. The monoisotopic (exact) mass is 191 g/mol. The summed E-state index contributed by atoms with van der Waals surface area (Å²) in [5, 5.41) is 16.1. The quantitative estimate of drug-likeness (QED) is 0.741. The molecule has 0 spiro atoms. The molecule has 0 unspecified atom stereocenters. The van der Waals surface area contributed by atoms with Crippen LogP contribution in [0, 0.1) is 11.3 Å². The van der Waals surface area contributed by atoms with Crippen molar-refractivity contribution in [2.75, 3.05) is 0 Å². The first-order valence-corrected chi connectivity index (χ1v) is 4.74. The Kier molecular flexibility index (Phi) is 2.41. The van der Waals surface area contributed by atoms with E-state index in [1.165, 1.54) is 0 Å². The van der Waals surface area contributed by atoms with Crippen LogP contribution in [0.2, 0.25) is 0 Å². The van der Waals surface area contributed by atoms with E-state index in [0.29, 0.717) is 0 Å². The summed E-state index contributed by atoms with van der Waals surface area (Å²) < 4.78 is 0. The first-order valence-electron chi connectivity index (χ1n) is 4.74. The predicted octanol–water partition coefficient (Wildman–Crippen LogP) is 2.51. The summed E-state index contributed by atoms with van der Waals surface area (Å²) in [6.07, 6.45) is 1.75. The lowest BCUT2D eigenvalue weighted by Crippen LogP contribution is -2.22. The zero-order chi connectivity index (χ0) is 11.0. The molecule has 14 heavy (non-hydrogen) atoms. The Hall–Kier alpha value is -1.30. The van der Waals surface area contributed by atoms with Gasteiger partial charge in [-0.05, 0) is 13.8 Å². The van der Waals surface area contributed by atoms with Gasteiger partial charge in [-0.25, -0.2) is 0 Å². The highest BCUT2D eigenvalue weighted by atomic mass is 15.1. The van der Waals surface area contributed by atoms with Crippen LogP contribution in [0.1, 0.15) is 45.9 Å². The van der Waals surface area contributed by atoms with E-state index in [0.717, 1.165) is 11.3 Å². The molecule has 0 atom stereocenters. The molecule has 0 saturated heterocycles. The van der Waals surface area contributed by atoms with E-state index in [1.54, 1.807) is 6.20 Å². The number of hydrogen-bond acceptors (Lipinski definition) is 2. The molecule has 0 amide bonds. The Labute approximate surface area is 85.1 Å². The van der Waals surface area contributed by atoms with Gasteiger partial charge >= 0.3 is 0 Å². The van der Waals surface area contributed by atoms with E-state index in [2.05, 4.69) is 37.0 Å². The molecule has 1 rings (SSSR count). The van der Waals surface area contributed by atoms with Crippen LogP contribution in [0.5, 0.6) is 0 Å². The SMILES string of the molecule is CC(C)(C)c1[nH]ncc1C(C)(C)C#N. The van der Waals surface area contributed by atoms with Gasteiger partial charge in [0.1, 0.15) is 0 Å². The van der Waals surface area contributed by atoms with Gasteiger partial charge in [0, 0.05) is 16.7 Å². The van der Waals surface area contributed by atoms with Gasteiger partial charge in [0.05, 0.1) is 17.7 Å². The number of nitrogens with zero attached hydrogens (tertiary/aromatic N) is 2. The summed E-state index contributed by atoms with van der Waals surface area (Å²) >= 11 is 0. The number of aromatic nitrogens is 2. The Morgan fingerprint density at radius 3 is 2.29 bits per heavy atom. The van der Waals surface area contributed by atoms with Crippen LogP contribution in [-0.2, 0) is 10.8 Å². The molecule has 0 aliphatic carbocycles. The van der Waals surface area contributed by atoms with Gasteiger partial charge in [-0.15, -0.1) is 0 Å². The van der Waals surface area contributed by atoms with E-state index >= 15 is 0 Å². The lowest BCUT2D eigenvalue weighted by Gasteiger charge is -2.23. The molecule has 0 saturated carbocycles. The fraction of sp³-hybridized carbons (Fsp3) is 0.636. The predicted molar refractivity (Wildman–Crippen MR) is 55.9 cm³/mol. The van der Waals surface area contributed by atoms with Crippen molar-refractivity contribution in [2.45, 2.75) is 45.4 Å². The lowest BCUT2D eigenvalue weighted by atomic mass is 9.79. The molecule has 0 aliphatic heterocycles. The molecule has 0 aliphatic rings. The molecule has 1 aromatic heterocycles. The third-order valence-electron chi connectivity index (χ3n) is 2.34. The molecule has 0 fully saturated rings. The van der Waals surface area contributed by atoms with Gasteiger partial charge < -0.3 is 0 Å². The van der Waals surface area contributed by atoms with Crippen molar-refractivity contribution in [3.8, 4) is 6.07 Å².